The molecule has 1 saturated carbocycles. The first-order valence-corrected chi connectivity index (χ1v) is 7.92. The van der Waals surface area contributed by atoms with E-state index in [1.807, 2.05) is 6.07 Å². The fourth-order valence-corrected chi connectivity index (χ4v) is 3.83. The van der Waals surface area contributed by atoms with Crippen LogP contribution in [-0.4, -0.2) is 24.0 Å². The largest absolute Gasteiger partial charge is 0.399 e. The second kappa shape index (κ2) is 5.96. The minimum absolute atomic E-state index is 0.701. The fraction of sp³-hybridized carbons (Fsp3) is 0.647. The van der Waals surface area contributed by atoms with Crippen LogP contribution in [0.3, 0.4) is 0 Å². The molecule has 3 rings (SSSR count). The van der Waals surface area contributed by atoms with E-state index in [2.05, 4.69) is 23.1 Å². The van der Waals surface area contributed by atoms with Gasteiger partial charge in [-0.25, -0.2) is 0 Å². The van der Waals surface area contributed by atoms with Gasteiger partial charge >= 0.3 is 0 Å². The van der Waals surface area contributed by atoms with E-state index in [1.165, 1.54) is 63.6 Å². The average molecular weight is 258 g/mol. The number of nitrogens with two attached hydrogens (primary N) is 1. The summed E-state index contributed by atoms with van der Waals surface area (Å²) >= 11 is 0. The van der Waals surface area contributed by atoms with E-state index in [1.54, 1.807) is 0 Å². The second-order valence-electron chi connectivity index (χ2n) is 6.30. The Kier molecular flexibility index (Phi) is 4.07. The van der Waals surface area contributed by atoms with Crippen LogP contribution in [0.25, 0.3) is 0 Å². The fourth-order valence-electron chi connectivity index (χ4n) is 3.83. The van der Waals surface area contributed by atoms with Gasteiger partial charge in [-0.1, -0.05) is 37.8 Å². The van der Waals surface area contributed by atoms with Crippen molar-refractivity contribution in [2.24, 2.45) is 0 Å². The van der Waals surface area contributed by atoms with Crippen molar-refractivity contribution in [3.8, 4) is 0 Å². The maximum atomic E-state index is 5.91. The zero-order valence-corrected chi connectivity index (χ0v) is 11.9. The van der Waals surface area contributed by atoms with Crippen molar-refractivity contribution in [3.05, 3.63) is 29.8 Å². The number of likely N-dealkylation sites (tertiary alicyclic amines) is 1. The molecule has 1 heterocycles. The van der Waals surface area contributed by atoms with Crippen LogP contribution in [0.1, 0.15) is 56.4 Å². The topological polar surface area (TPSA) is 29.3 Å². The third-order valence-electron chi connectivity index (χ3n) is 4.94. The Labute approximate surface area is 117 Å². The molecule has 2 N–H and O–H groups in total. The molecule has 0 spiro atoms. The zero-order valence-electron chi connectivity index (χ0n) is 11.9. The van der Waals surface area contributed by atoms with E-state index >= 15 is 0 Å². The van der Waals surface area contributed by atoms with Crippen LogP contribution >= 0.6 is 0 Å². The van der Waals surface area contributed by atoms with Crippen molar-refractivity contribution in [1.82, 2.24) is 4.90 Å². The van der Waals surface area contributed by atoms with Gasteiger partial charge in [0.15, 0.2) is 0 Å². The zero-order chi connectivity index (χ0) is 13.1. The van der Waals surface area contributed by atoms with Crippen molar-refractivity contribution < 1.29 is 0 Å². The molecule has 2 aliphatic rings. The van der Waals surface area contributed by atoms with E-state index in [4.69, 9.17) is 5.73 Å². The summed E-state index contributed by atoms with van der Waals surface area (Å²) in [6, 6.07) is 9.35. The highest BCUT2D eigenvalue weighted by molar-refractivity contribution is 5.42. The Morgan fingerprint density at radius 3 is 2.53 bits per heavy atom. The van der Waals surface area contributed by atoms with E-state index < -0.39 is 0 Å². The van der Waals surface area contributed by atoms with Crippen LogP contribution in [0.5, 0.6) is 0 Å². The van der Waals surface area contributed by atoms with Crippen LogP contribution < -0.4 is 5.73 Å². The van der Waals surface area contributed by atoms with Crippen LogP contribution in [0.2, 0.25) is 0 Å². The van der Waals surface area contributed by atoms with Gasteiger partial charge in [0, 0.05) is 18.3 Å². The summed E-state index contributed by atoms with van der Waals surface area (Å²) in [6.07, 6.45) is 9.91. The molecule has 0 bridgehead atoms. The quantitative estimate of drug-likeness (QED) is 0.646. The van der Waals surface area contributed by atoms with Crippen LogP contribution in [0, 0.1) is 0 Å². The van der Waals surface area contributed by atoms with Gasteiger partial charge in [0.05, 0.1) is 0 Å². The molecule has 1 aliphatic carbocycles. The molecular formula is C17H26N2. The average Bonchev–Trinajstić information content (AvgIpc) is 2.75. The Morgan fingerprint density at radius 2 is 1.79 bits per heavy atom. The molecule has 2 heteroatoms. The number of benzene rings is 1. The SMILES string of the molecule is Nc1cccc(C2CCN(C3CCCCCC3)C2)c1. The minimum atomic E-state index is 0.701. The van der Waals surface area contributed by atoms with Crippen LogP contribution in [0.4, 0.5) is 5.69 Å². The lowest BCUT2D eigenvalue weighted by atomic mass is 9.98. The Bertz CT molecular complexity index is 407. The second-order valence-corrected chi connectivity index (χ2v) is 6.30. The molecule has 1 saturated heterocycles. The predicted octanol–water partition coefficient (Wildman–Crippen LogP) is 3.78. The van der Waals surface area contributed by atoms with Gasteiger partial charge in [-0.05, 0) is 49.4 Å². The summed E-state index contributed by atoms with van der Waals surface area (Å²) in [5.74, 6) is 0.701. The number of rotatable bonds is 2. The van der Waals surface area contributed by atoms with Crippen molar-refractivity contribution in [1.29, 1.82) is 0 Å². The maximum Gasteiger partial charge on any atom is 0.0316 e. The Balaban J connectivity index is 1.63. The van der Waals surface area contributed by atoms with Gasteiger partial charge in [-0.2, -0.15) is 0 Å². The first kappa shape index (κ1) is 13.0. The standard InChI is InChI=1S/C17H26N2/c18-16-7-5-6-14(12-16)15-10-11-19(13-15)17-8-3-1-2-4-9-17/h5-7,12,15,17H,1-4,8-11,13,18H2. The van der Waals surface area contributed by atoms with Gasteiger partial charge in [-0.15, -0.1) is 0 Å². The lowest BCUT2D eigenvalue weighted by Gasteiger charge is -2.26. The number of hydrogen-bond acceptors (Lipinski definition) is 2. The molecule has 2 fully saturated rings. The van der Waals surface area contributed by atoms with Crippen molar-refractivity contribution >= 4 is 5.69 Å². The molecule has 2 nitrogen and oxygen atoms in total. The summed E-state index contributed by atoms with van der Waals surface area (Å²) in [5, 5.41) is 0. The molecule has 0 radical (unpaired) electrons. The monoisotopic (exact) mass is 258 g/mol. The molecule has 0 amide bonds. The van der Waals surface area contributed by atoms with E-state index in [0.29, 0.717) is 5.92 Å². The first-order chi connectivity index (χ1) is 9.33. The summed E-state index contributed by atoms with van der Waals surface area (Å²) in [5.41, 5.74) is 8.26. The summed E-state index contributed by atoms with van der Waals surface area (Å²) < 4.78 is 0. The molecule has 104 valence electrons. The third kappa shape index (κ3) is 3.11. The predicted molar refractivity (Wildman–Crippen MR) is 81.3 cm³/mol. The van der Waals surface area contributed by atoms with Gasteiger partial charge in [0.25, 0.3) is 0 Å². The lowest BCUT2D eigenvalue weighted by molar-refractivity contribution is 0.218. The molecule has 1 aliphatic heterocycles. The number of hydrogen-bond donors (Lipinski definition) is 1. The first-order valence-electron chi connectivity index (χ1n) is 7.92. The highest BCUT2D eigenvalue weighted by Gasteiger charge is 2.29. The van der Waals surface area contributed by atoms with E-state index in [0.717, 1.165) is 11.7 Å². The Morgan fingerprint density at radius 1 is 1.00 bits per heavy atom. The number of nitrogens with zero attached hydrogens (tertiary/aromatic N) is 1. The summed E-state index contributed by atoms with van der Waals surface area (Å²) in [4.78, 5) is 2.75. The smallest absolute Gasteiger partial charge is 0.0316 e. The number of anilines is 1. The molecule has 1 aromatic carbocycles. The van der Waals surface area contributed by atoms with Crippen molar-refractivity contribution in [2.75, 3.05) is 18.8 Å². The molecule has 1 aromatic rings. The van der Waals surface area contributed by atoms with Gasteiger partial charge in [-0.3, -0.25) is 4.90 Å². The van der Waals surface area contributed by atoms with Crippen LogP contribution in [0.15, 0.2) is 24.3 Å². The maximum absolute atomic E-state index is 5.91. The molecule has 1 atom stereocenters. The summed E-state index contributed by atoms with van der Waals surface area (Å²) in [6.45, 7) is 2.53. The van der Waals surface area contributed by atoms with Crippen molar-refractivity contribution in [3.63, 3.8) is 0 Å². The molecule has 19 heavy (non-hydrogen) atoms. The molecular weight excluding hydrogens is 232 g/mol. The number of nitrogen functional groups attached to an aromatic ring is 1. The lowest BCUT2D eigenvalue weighted by Crippen LogP contribution is -2.32. The van der Waals surface area contributed by atoms with E-state index in [9.17, 15) is 0 Å². The molecule has 0 aromatic heterocycles. The molecule has 1 unspecified atom stereocenters. The van der Waals surface area contributed by atoms with Gasteiger partial charge < -0.3 is 5.73 Å². The summed E-state index contributed by atoms with van der Waals surface area (Å²) in [7, 11) is 0. The van der Waals surface area contributed by atoms with E-state index in [-0.39, 0.29) is 0 Å². The highest BCUT2D eigenvalue weighted by atomic mass is 15.2. The van der Waals surface area contributed by atoms with Gasteiger partial charge in [0.2, 0.25) is 0 Å². The normalized spacial score (nSPS) is 26.4. The minimum Gasteiger partial charge on any atom is -0.399 e. The third-order valence-corrected chi connectivity index (χ3v) is 4.94. The van der Waals surface area contributed by atoms with Crippen molar-refractivity contribution in [2.45, 2.75) is 56.9 Å². The highest BCUT2D eigenvalue weighted by Crippen LogP contribution is 2.32. The Hall–Kier alpha value is -1.02. The van der Waals surface area contributed by atoms with Crippen LogP contribution in [-0.2, 0) is 0 Å². The van der Waals surface area contributed by atoms with Gasteiger partial charge in [0.1, 0.15) is 0 Å².